The fourth-order valence-electron chi connectivity index (χ4n) is 3.57. The van der Waals surface area contributed by atoms with Crippen LogP contribution in [0.4, 0.5) is 0 Å². The molecule has 2 aromatic rings. The average Bonchev–Trinajstić information content (AvgIpc) is 3.14. The number of thiophene rings is 1. The monoisotopic (exact) mass is 315 g/mol. The van der Waals surface area contributed by atoms with Gasteiger partial charge in [0.05, 0.1) is 0 Å². The summed E-state index contributed by atoms with van der Waals surface area (Å²) in [6.45, 7) is 2.55. The second-order valence-electron chi connectivity index (χ2n) is 6.19. The average molecular weight is 315 g/mol. The standard InChI is InChI=1S/C18H21NO2S/c1-2-3-11-6-17(22-9-11)18-13-8-16-15(20-10-21-16)7-12(13)4-5-14(18)19/h6-9,14,18H,2-5,10,19H2,1H3/t14-,18-/m0/s1. The number of hydrogen-bond donors (Lipinski definition) is 1. The first-order valence-corrected chi connectivity index (χ1v) is 8.89. The molecule has 0 saturated carbocycles. The summed E-state index contributed by atoms with van der Waals surface area (Å²) in [4.78, 5) is 1.38. The topological polar surface area (TPSA) is 44.5 Å². The fraction of sp³-hybridized carbons (Fsp3) is 0.444. The van der Waals surface area contributed by atoms with Crippen molar-refractivity contribution in [2.24, 2.45) is 5.73 Å². The smallest absolute Gasteiger partial charge is 0.231 e. The third-order valence-corrected chi connectivity index (χ3v) is 5.73. The van der Waals surface area contributed by atoms with Gasteiger partial charge in [-0.25, -0.2) is 0 Å². The molecule has 22 heavy (non-hydrogen) atoms. The van der Waals surface area contributed by atoms with Gasteiger partial charge in [0.1, 0.15) is 0 Å². The number of aryl methyl sites for hydroxylation is 2. The molecule has 4 heteroatoms. The second-order valence-corrected chi connectivity index (χ2v) is 7.13. The Balaban J connectivity index is 1.76. The number of nitrogens with two attached hydrogens (primary N) is 1. The first-order chi connectivity index (χ1) is 10.8. The minimum atomic E-state index is 0.181. The number of fused-ring (bicyclic) bond motifs is 2. The zero-order valence-electron chi connectivity index (χ0n) is 12.8. The Morgan fingerprint density at radius 3 is 2.86 bits per heavy atom. The molecule has 1 aliphatic carbocycles. The molecule has 2 N–H and O–H groups in total. The largest absolute Gasteiger partial charge is 0.454 e. The molecule has 2 atom stereocenters. The molecule has 1 aromatic carbocycles. The lowest BCUT2D eigenvalue weighted by atomic mass is 9.78. The van der Waals surface area contributed by atoms with E-state index in [2.05, 4.69) is 30.5 Å². The van der Waals surface area contributed by atoms with Crippen LogP contribution >= 0.6 is 11.3 Å². The van der Waals surface area contributed by atoms with Gasteiger partial charge in [-0.3, -0.25) is 0 Å². The van der Waals surface area contributed by atoms with Crippen molar-refractivity contribution >= 4 is 11.3 Å². The Kier molecular flexibility index (Phi) is 3.59. The van der Waals surface area contributed by atoms with Crippen molar-refractivity contribution in [2.75, 3.05) is 6.79 Å². The van der Waals surface area contributed by atoms with Crippen LogP contribution in [-0.2, 0) is 12.8 Å². The maximum atomic E-state index is 6.49. The van der Waals surface area contributed by atoms with Crippen molar-refractivity contribution in [3.8, 4) is 11.5 Å². The van der Waals surface area contributed by atoms with Gasteiger partial charge >= 0.3 is 0 Å². The number of ether oxygens (including phenoxy) is 2. The number of benzene rings is 1. The van der Waals surface area contributed by atoms with Gasteiger partial charge in [-0.1, -0.05) is 13.3 Å². The molecule has 0 saturated heterocycles. The summed E-state index contributed by atoms with van der Waals surface area (Å²) in [6, 6.07) is 6.83. The molecule has 0 amide bonds. The third-order valence-electron chi connectivity index (χ3n) is 4.66. The van der Waals surface area contributed by atoms with E-state index >= 15 is 0 Å². The van der Waals surface area contributed by atoms with Crippen LogP contribution in [0.5, 0.6) is 11.5 Å². The first kappa shape index (κ1) is 14.1. The summed E-state index contributed by atoms with van der Waals surface area (Å²) in [5.74, 6) is 2.03. The molecule has 1 aliphatic heterocycles. The zero-order valence-corrected chi connectivity index (χ0v) is 13.6. The zero-order chi connectivity index (χ0) is 15.1. The van der Waals surface area contributed by atoms with E-state index in [0.29, 0.717) is 6.79 Å². The van der Waals surface area contributed by atoms with E-state index in [0.717, 1.165) is 30.8 Å². The second kappa shape index (κ2) is 5.60. The molecule has 0 unspecified atom stereocenters. The van der Waals surface area contributed by atoms with E-state index in [1.54, 1.807) is 0 Å². The maximum absolute atomic E-state index is 6.49. The molecule has 3 nitrogen and oxygen atoms in total. The Morgan fingerprint density at radius 2 is 2.05 bits per heavy atom. The number of hydrogen-bond acceptors (Lipinski definition) is 4. The molecule has 0 spiro atoms. The lowest BCUT2D eigenvalue weighted by Crippen LogP contribution is -2.33. The Labute approximate surface area is 135 Å². The molecule has 0 radical (unpaired) electrons. The minimum Gasteiger partial charge on any atom is -0.454 e. The highest BCUT2D eigenvalue weighted by Crippen LogP contribution is 2.44. The lowest BCUT2D eigenvalue weighted by Gasteiger charge is -2.30. The van der Waals surface area contributed by atoms with E-state index in [1.807, 2.05) is 11.3 Å². The van der Waals surface area contributed by atoms with Gasteiger partial charge in [-0.05, 0) is 59.5 Å². The summed E-state index contributed by atoms with van der Waals surface area (Å²) in [7, 11) is 0. The Morgan fingerprint density at radius 1 is 1.23 bits per heavy atom. The predicted octanol–water partition coefficient (Wildman–Crippen LogP) is 3.83. The van der Waals surface area contributed by atoms with Gasteiger partial charge in [0.15, 0.2) is 11.5 Å². The van der Waals surface area contributed by atoms with Crippen LogP contribution in [-0.4, -0.2) is 12.8 Å². The van der Waals surface area contributed by atoms with Gasteiger partial charge in [0.25, 0.3) is 0 Å². The Bertz CT molecular complexity index is 694. The van der Waals surface area contributed by atoms with Crippen LogP contribution in [0.25, 0.3) is 0 Å². The van der Waals surface area contributed by atoms with Crippen molar-refractivity contribution in [1.29, 1.82) is 0 Å². The van der Waals surface area contributed by atoms with Crippen LogP contribution in [0.1, 0.15) is 47.3 Å². The summed E-state index contributed by atoms with van der Waals surface area (Å²) in [6.07, 6.45) is 4.38. The molecule has 2 heterocycles. The SMILES string of the molecule is CCCc1csc([C@H]2c3cc4c(cc3CC[C@@H]2N)OCO4)c1. The summed E-state index contributed by atoms with van der Waals surface area (Å²) >= 11 is 1.84. The van der Waals surface area contributed by atoms with Gasteiger partial charge in [-0.2, -0.15) is 0 Å². The molecule has 0 bridgehead atoms. The molecule has 116 valence electrons. The fourth-order valence-corrected chi connectivity index (χ4v) is 4.71. The van der Waals surface area contributed by atoms with Crippen molar-refractivity contribution in [1.82, 2.24) is 0 Å². The highest BCUT2D eigenvalue weighted by molar-refractivity contribution is 7.10. The molecule has 0 fully saturated rings. The molecule has 2 aliphatic rings. The summed E-state index contributed by atoms with van der Waals surface area (Å²) in [5.41, 5.74) is 10.6. The molecular weight excluding hydrogens is 294 g/mol. The van der Waals surface area contributed by atoms with Crippen LogP contribution in [0, 0.1) is 0 Å². The van der Waals surface area contributed by atoms with Crippen molar-refractivity contribution in [3.63, 3.8) is 0 Å². The minimum absolute atomic E-state index is 0.181. The highest BCUT2D eigenvalue weighted by Gasteiger charge is 2.32. The van der Waals surface area contributed by atoms with Gasteiger partial charge in [-0.15, -0.1) is 11.3 Å². The first-order valence-electron chi connectivity index (χ1n) is 8.01. The van der Waals surface area contributed by atoms with Crippen LogP contribution < -0.4 is 15.2 Å². The van der Waals surface area contributed by atoms with Crippen molar-refractivity contribution in [2.45, 2.75) is 44.6 Å². The van der Waals surface area contributed by atoms with E-state index in [4.69, 9.17) is 15.2 Å². The lowest BCUT2D eigenvalue weighted by molar-refractivity contribution is 0.174. The third kappa shape index (κ3) is 2.31. The highest BCUT2D eigenvalue weighted by atomic mass is 32.1. The van der Waals surface area contributed by atoms with Crippen LogP contribution in [0.2, 0.25) is 0 Å². The van der Waals surface area contributed by atoms with Crippen molar-refractivity contribution in [3.05, 3.63) is 45.1 Å². The molecule has 4 rings (SSSR count). The number of rotatable bonds is 3. The maximum Gasteiger partial charge on any atom is 0.231 e. The van der Waals surface area contributed by atoms with Crippen LogP contribution in [0.15, 0.2) is 23.6 Å². The molecular formula is C18H21NO2S. The van der Waals surface area contributed by atoms with Crippen LogP contribution in [0.3, 0.4) is 0 Å². The van der Waals surface area contributed by atoms with E-state index < -0.39 is 0 Å². The summed E-state index contributed by atoms with van der Waals surface area (Å²) < 4.78 is 11.1. The van der Waals surface area contributed by atoms with E-state index in [1.165, 1.54) is 28.0 Å². The van der Waals surface area contributed by atoms with Gasteiger partial charge in [0.2, 0.25) is 6.79 Å². The summed E-state index contributed by atoms with van der Waals surface area (Å²) in [5, 5.41) is 2.28. The van der Waals surface area contributed by atoms with Gasteiger partial charge < -0.3 is 15.2 Å². The quantitative estimate of drug-likeness (QED) is 0.936. The van der Waals surface area contributed by atoms with Gasteiger partial charge in [0, 0.05) is 16.8 Å². The van der Waals surface area contributed by atoms with E-state index in [-0.39, 0.29) is 12.0 Å². The van der Waals surface area contributed by atoms with E-state index in [9.17, 15) is 0 Å². The predicted molar refractivity (Wildman–Crippen MR) is 89.0 cm³/mol. The molecule has 1 aromatic heterocycles. The normalized spacial score (nSPS) is 22.6. The van der Waals surface area contributed by atoms with Crippen molar-refractivity contribution < 1.29 is 9.47 Å². The Hall–Kier alpha value is -1.52.